The summed E-state index contributed by atoms with van der Waals surface area (Å²) in [6.45, 7) is 1.91. The fourth-order valence-electron chi connectivity index (χ4n) is 5.25. The monoisotopic (exact) mass is 585 g/mol. The van der Waals surface area contributed by atoms with E-state index in [4.69, 9.17) is 30.8 Å². The van der Waals surface area contributed by atoms with Crippen LogP contribution in [-0.2, 0) is 14.3 Å². The average Bonchev–Trinajstić information content (AvgIpc) is 3.66. The number of rotatable bonds is 4. The highest BCUT2D eigenvalue weighted by molar-refractivity contribution is 7.07. The predicted octanol–water partition coefficient (Wildman–Crippen LogP) is 3.64. The molecule has 4 heterocycles. The Labute approximate surface area is 241 Å². The summed E-state index contributed by atoms with van der Waals surface area (Å²) in [5.74, 6) is 0.0311. The number of hydrogen-bond acceptors (Lipinski definition) is 8. The van der Waals surface area contributed by atoms with Crippen LogP contribution in [0, 0.1) is 0 Å². The van der Waals surface area contributed by atoms with E-state index in [2.05, 4.69) is 5.32 Å². The van der Waals surface area contributed by atoms with Gasteiger partial charge in [0.05, 0.1) is 29.5 Å². The maximum Gasteiger partial charge on any atom is 0.338 e. The van der Waals surface area contributed by atoms with Crippen LogP contribution in [0.1, 0.15) is 29.7 Å². The molecule has 0 saturated heterocycles. The zero-order valence-electron chi connectivity index (χ0n) is 21.5. The van der Waals surface area contributed by atoms with Crippen LogP contribution in [0.2, 0.25) is 5.02 Å². The van der Waals surface area contributed by atoms with Gasteiger partial charge < -0.3 is 19.5 Å². The number of amides is 1. The molecule has 0 saturated carbocycles. The first-order valence-electron chi connectivity index (χ1n) is 12.8. The van der Waals surface area contributed by atoms with Gasteiger partial charge in [-0.1, -0.05) is 59.3 Å². The second-order valence-corrected chi connectivity index (χ2v) is 10.8. The molecule has 7 rings (SSSR count). The van der Waals surface area contributed by atoms with E-state index in [1.807, 2.05) is 30.3 Å². The molecule has 9 nitrogen and oxygen atoms in total. The van der Waals surface area contributed by atoms with Crippen LogP contribution in [0.3, 0.4) is 0 Å². The maximum absolute atomic E-state index is 14.3. The van der Waals surface area contributed by atoms with Crippen LogP contribution in [0.5, 0.6) is 11.5 Å². The number of esters is 1. The van der Waals surface area contributed by atoms with Crippen LogP contribution in [0.25, 0.3) is 11.3 Å². The minimum absolute atomic E-state index is 0.0673. The van der Waals surface area contributed by atoms with Crippen LogP contribution >= 0.6 is 22.9 Å². The second kappa shape index (κ2) is 9.76. The number of halogens is 1. The van der Waals surface area contributed by atoms with Gasteiger partial charge in [-0.05, 0) is 42.8 Å². The highest BCUT2D eigenvalue weighted by Gasteiger charge is 2.37. The molecular formula is C30H20ClN3O6S. The van der Waals surface area contributed by atoms with E-state index in [1.165, 1.54) is 4.57 Å². The Balaban J connectivity index is 1.57. The molecule has 3 aliphatic rings. The summed E-state index contributed by atoms with van der Waals surface area (Å²) < 4.78 is 18.3. The zero-order valence-corrected chi connectivity index (χ0v) is 23.0. The summed E-state index contributed by atoms with van der Waals surface area (Å²) in [4.78, 5) is 46.2. The van der Waals surface area contributed by atoms with Crippen molar-refractivity contribution in [2.45, 2.75) is 13.0 Å². The molecule has 3 aliphatic heterocycles. The number of carbonyl (C=O) groups excluding carboxylic acids is 2. The molecule has 1 atom stereocenters. The van der Waals surface area contributed by atoms with E-state index in [0.717, 1.165) is 11.3 Å². The molecular weight excluding hydrogens is 566 g/mol. The molecule has 0 aliphatic carbocycles. The summed E-state index contributed by atoms with van der Waals surface area (Å²) in [6, 6.07) is 18.6. The lowest BCUT2D eigenvalue weighted by Crippen LogP contribution is -2.40. The van der Waals surface area contributed by atoms with Gasteiger partial charge in [0.15, 0.2) is 16.3 Å². The Morgan fingerprint density at radius 1 is 1.10 bits per heavy atom. The molecule has 3 aromatic carbocycles. The molecule has 0 bridgehead atoms. The normalized spacial score (nSPS) is 18.0. The zero-order chi connectivity index (χ0) is 28.2. The van der Waals surface area contributed by atoms with Gasteiger partial charge in [-0.25, -0.2) is 9.79 Å². The molecule has 1 N–H and O–H groups in total. The molecule has 11 heteroatoms. The SMILES string of the molecule is CCOC(=O)C1=C(c2ccccc2)N=c2s/c(=C3\C(=O)Nc4ccc(Cl)cc43)c(=O)n2[C@H]1c1ccc2c(c1)OCO2. The molecule has 0 unspecified atom stereocenters. The highest BCUT2D eigenvalue weighted by Crippen LogP contribution is 2.40. The topological polar surface area (TPSA) is 108 Å². The Hall–Kier alpha value is -4.67. The van der Waals surface area contributed by atoms with Crippen molar-refractivity contribution >= 4 is 51.8 Å². The van der Waals surface area contributed by atoms with E-state index in [9.17, 15) is 14.4 Å². The first-order chi connectivity index (χ1) is 19.9. The molecule has 0 fully saturated rings. The van der Waals surface area contributed by atoms with Gasteiger partial charge in [0.25, 0.3) is 11.5 Å². The standard InChI is InChI=1S/C30H20ClN3O6S/c1-2-38-29(37)23-24(15-6-4-3-5-7-15)33-30-34(25(23)16-8-11-20-21(12-16)40-14-39-20)28(36)26(41-30)22-18-13-17(31)9-10-19(18)32-27(22)35/h3-13,25H,2,14H2,1H3,(H,32,35)/b26-22-/t25-/m0/s1. The van der Waals surface area contributed by atoms with Gasteiger partial charge in [-0.3, -0.25) is 14.2 Å². The first-order valence-corrected chi connectivity index (χ1v) is 14.0. The number of nitrogens with one attached hydrogen (secondary N) is 1. The van der Waals surface area contributed by atoms with E-state index in [1.54, 1.807) is 43.3 Å². The molecule has 41 heavy (non-hydrogen) atoms. The van der Waals surface area contributed by atoms with Crippen molar-refractivity contribution < 1.29 is 23.8 Å². The van der Waals surface area contributed by atoms with Crippen molar-refractivity contribution in [3.05, 3.63) is 114 Å². The third kappa shape index (κ3) is 4.06. The van der Waals surface area contributed by atoms with Gasteiger partial charge in [-0.15, -0.1) is 0 Å². The molecule has 4 aromatic rings. The lowest BCUT2D eigenvalue weighted by Gasteiger charge is -2.26. The van der Waals surface area contributed by atoms with Crippen LogP contribution < -0.4 is 29.7 Å². The second-order valence-electron chi connectivity index (χ2n) is 9.38. The van der Waals surface area contributed by atoms with Crippen molar-refractivity contribution in [1.29, 1.82) is 0 Å². The molecule has 1 amide bonds. The maximum atomic E-state index is 14.3. The highest BCUT2D eigenvalue weighted by atomic mass is 35.5. The third-order valence-electron chi connectivity index (χ3n) is 7.01. The van der Waals surface area contributed by atoms with Crippen molar-refractivity contribution in [2.24, 2.45) is 4.99 Å². The number of hydrogen-bond donors (Lipinski definition) is 1. The summed E-state index contributed by atoms with van der Waals surface area (Å²) in [5, 5.41) is 3.24. The number of nitrogens with zero attached hydrogens (tertiary/aromatic N) is 2. The summed E-state index contributed by atoms with van der Waals surface area (Å²) in [7, 11) is 0. The van der Waals surface area contributed by atoms with E-state index >= 15 is 0 Å². The van der Waals surface area contributed by atoms with Crippen molar-refractivity contribution in [1.82, 2.24) is 4.57 Å². The Morgan fingerprint density at radius 2 is 1.90 bits per heavy atom. The number of ether oxygens (including phenoxy) is 3. The van der Waals surface area contributed by atoms with Crippen LogP contribution in [0.15, 0.2) is 82.1 Å². The van der Waals surface area contributed by atoms with E-state index < -0.39 is 23.5 Å². The number of anilines is 1. The molecule has 0 spiro atoms. The van der Waals surface area contributed by atoms with Crippen molar-refractivity contribution in [3.63, 3.8) is 0 Å². The Kier molecular flexibility index (Phi) is 6.02. The van der Waals surface area contributed by atoms with E-state index in [0.29, 0.717) is 49.4 Å². The average molecular weight is 586 g/mol. The smallest absolute Gasteiger partial charge is 0.338 e. The van der Waals surface area contributed by atoms with Gasteiger partial charge in [0.2, 0.25) is 6.79 Å². The summed E-state index contributed by atoms with van der Waals surface area (Å²) in [5.41, 5.74) is 2.67. The molecule has 204 valence electrons. The summed E-state index contributed by atoms with van der Waals surface area (Å²) >= 11 is 7.34. The van der Waals surface area contributed by atoms with Gasteiger partial charge in [0.1, 0.15) is 4.53 Å². The third-order valence-corrected chi connectivity index (χ3v) is 8.30. The lowest BCUT2D eigenvalue weighted by atomic mass is 9.93. The Bertz CT molecular complexity index is 2000. The van der Waals surface area contributed by atoms with Crippen LogP contribution in [0.4, 0.5) is 5.69 Å². The van der Waals surface area contributed by atoms with Gasteiger partial charge in [-0.2, -0.15) is 0 Å². The molecule has 0 radical (unpaired) electrons. The Morgan fingerprint density at radius 3 is 2.71 bits per heavy atom. The van der Waals surface area contributed by atoms with Gasteiger partial charge in [0, 0.05) is 21.8 Å². The molecule has 1 aromatic heterocycles. The number of fused-ring (bicyclic) bond motifs is 3. The fourth-order valence-corrected chi connectivity index (χ4v) is 6.52. The van der Waals surface area contributed by atoms with E-state index in [-0.39, 0.29) is 29.1 Å². The first kappa shape index (κ1) is 25.3. The number of carbonyl (C=O) groups is 2. The largest absolute Gasteiger partial charge is 0.463 e. The minimum atomic E-state index is -0.923. The summed E-state index contributed by atoms with van der Waals surface area (Å²) in [6.07, 6.45) is 0. The van der Waals surface area contributed by atoms with Crippen molar-refractivity contribution in [3.8, 4) is 11.5 Å². The number of aromatic nitrogens is 1. The number of thiazole rings is 1. The van der Waals surface area contributed by atoms with Gasteiger partial charge >= 0.3 is 5.97 Å². The number of benzene rings is 3. The predicted molar refractivity (Wildman–Crippen MR) is 153 cm³/mol. The van der Waals surface area contributed by atoms with Crippen LogP contribution in [-0.4, -0.2) is 29.8 Å². The minimum Gasteiger partial charge on any atom is -0.463 e. The fraction of sp³-hybridized carbons (Fsp3) is 0.133. The lowest BCUT2D eigenvalue weighted by molar-refractivity contribution is -0.138. The van der Waals surface area contributed by atoms with Crippen molar-refractivity contribution in [2.75, 3.05) is 18.7 Å². The quantitative estimate of drug-likeness (QED) is 0.367.